The first-order valence-corrected chi connectivity index (χ1v) is 5.83. The van der Waals surface area contributed by atoms with Crippen LogP contribution in [0.4, 0.5) is 5.69 Å². The lowest BCUT2D eigenvalue weighted by Gasteiger charge is -2.05. The fourth-order valence-corrected chi connectivity index (χ4v) is 1.88. The molecular formula is C14H13NO4. The molecule has 0 saturated heterocycles. The molecule has 5 nitrogen and oxygen atoms in total. The molecule has 1 heterocycles. The van der Waals surface area contributed by atoms with Crippen LogP contribution in [0.25, 0.3) is 11.0 Å². The summed E-state index contributed by atoms with van der Waals surface area (Å²) in [7, 11) is 0. The molecule has 19 heavy (non-hydrogen) atoms. The van der Waals surface area contributed by atoms with Gasteiger partial charge < -0.3 is 4.42 Å². The van der Waals surface area contributed by atoms with Gasteiger partial charge in [0.25, 0.3) is 5.69 Å². The van der Waals surface area contributed by atoms with E-state index in [-0.39, 0.29) is 5.69 Å². The van der Waals surface area contributed by atoms with E-state index in [9.17, 15) is 14.9 Å². The molecule has 0 aliphatic carbocycles. The Morgan fingerprint density at radius 3 is 2.79 bits per heavy atom. The molecule has 0 bridgehead atoms. The summed E-state index contributed by atoms with van der Waals surface area (Å²) in [5, 5.41) is 11.5. The smallest absolute Gasteiger partial charge is 0.336 e. The van der Waals surface area contributed by atoms with E-state index in [2.05, 4.69) is 6.58 Å². The second-order valence-corrected chi connectivity index (χ2v) is 4.49. The lowest BCUT2D eigenvalue weighted by Crippen LogP contribution is -1.99. The van der Waals surface area contributed by atoms with E-state index in [4.69, 9.17) is 4.42 Å². The van der Waals surface area contributed by atoms with Gasteiger partial charge in [0.1, 0.15) is 5.58 Å². The van der Waals surface area contributed by atoms with Crippen molar-refractivity contribution in [3.05, 3.63) is 62.5 Å². The zero-order valence-corrected chi connectivity index (χ0v) is 10.5. The van der Waals surface area contributed by atoms with Gasteiger partial charge in [-0.3, -0.25) is 10.1 Å². The number of aryl methyl sites for hydroxylation is 1. The predicted octanol–water partition coefficient (Wildman–Crippen LogP) is 3.21. The van der Waals surface area contributed by atoms with Gasteiger partial charge in [-0.1, -0.05) is 5.57 Å². The van der Waals surface area contributed by atoms with Crippen LogP contribution in [0.15, 0.2) is 45.6 Å². The average molecular weight is 259 g/mol. The zero-order chi connectivity index (χ0) is 14.0. The van der Waals surface area contributed by atoms with Crippen molar-refractivity contribution in [2.24, 2.45) is 0 Å². The van der Waals surface area contributed by atoms with E-state index in [1.165, 1.54) is 18.2 Å². The lowest BCUT2D eigenvalue weighted by molar-refractivity contribution is -0.384. The molecule has 1 aromatic heterocycles. The van der Waals surface area contributed by atoms with E-state index >= 15 is 0 Å². The second-order valence-electron chi connectivity index (χ2n) is 4.49. The van der Waals surface area contributed by atoms with Crippen LogP contribution in [-0.4, -0.2) is 4.92 Å². The molecule has 0 N–H and O–H groups in total. The molecule has 0 aliphatic heterocycles. The lowest BCUT2D eigenvalue weighted by atomic mass is 10.0. The summed E-state index contributed by atoms with van der Waals surface area (Å²) in [5.41, 5.74) is 1.58. The van der Waals surface area contributed by atoms with E-state index < -0.39 is 10.5 Å². The maximum Gasteiger partial charge on any atom is 0.336 e. The normalized spacial score (nSPS) is 10.6. The number of hydrogen-bond donors (Lipinski definition) is 0. The molecule has 5 heteroatoms. The number of nitro benzene ring substituents is 1. The summed E-state index contributed by atoms with van der Waals surface area (Å²) < 4.78 is 5.15. The molecule has 0 amide bonds. The minimum Gasteiger partial charge on any atom is -0.422 e. The highest BCUT2D eigenvalue weighted by atomic mass is 16.6. The van der Waals surface area contributed by atoms with Gasteiger partial charge in [-0.25, -0.2) is 4.79 Å². The van der Waals surface area contributed by atoms with Crippen molar-refractivity contribution in [3.8, 4) is 0 Å². The molecular weight excluding hydrogens is 246 g/mol. The highest BCUT2D eigenvalue weighted by Crippen LogP contribution is 2.25. The van der Waals surface area contributed by atoms with Crippen molar-refractivity contribution in [1.82, 2.24) is 0 Å². The van der Waals surface area contributed by atoms with Gasteiger partial charge in [0, 0.05) is 29.1 Å². The third kappa shape index (κ3) is 2.88. The third-order valence-electron chi connectivity index (χ3n) is 2.81. The first-order chi connectivity index (χ1) is 8.97. The molecule has 0 spiro atoms. The number of fused-ring (bicyclic) bond motifs is 1. The highest BCUT2D eigenvalue weighted by molar-refractivity contribution is 5.82. The van der Waals surface area contributed by atoms with Gasteiger partial charge in [-0.15, -0.1) is 6.58 Å². The van der Waals surface area contributed by atoms with E-state index in [1.54, 1.807) is 6.07 Å². The molecule has 0 unspecified atom stereocenters. The minimum absolute atomic E-state index is 0.00179. The Labute approximate surface area is 109 Å². The molecule has 98 valence electrons. The number of rotatable bonds is 4. The topological polar surface area (TPSA) is 73.3 Å². The number of nitro groups is 1. The number of benzene rings is 1. The quantitative estimate of drug-likeness (QED) is 0.366. The summed E-state index contributed by atoms with van der Waals surface area (Å²) in [6, 6.07) is 5.66. The van der Waals surface area contributed by atoms with Gasteiger partial charge in [0.05, 0.1) is 4.92 Å². The van der Waals surface area contributed by atoms with Gasteiger partial charge in [0.2, 0.25) is 0 Å². The monoisotopic (exact) mass is 259 g/mol. The molecule has 2 aromatic rings. The predicted molar refractivity (Wildman–Crippen MR) is 72.3 cm³/mol. The number of allylic oxidation sites excluding steroid dienone is 1. The largest absolute Gasteiger partial charge is 0.422 e. The minimum atomic E-state index is -0.460. The van der Waals surface area contributed by atoms with Crippen molar-refractivity contribution in [2.45, 2.75) is 19.8 Å². The van der Waals surface area contributed by atoms with Gasteiger partial charge in [-0.05, 0) is 25.8 Å². The summed E-state index contributed by atoms with van der Waals surface area (Å²) in [4.78, 5) is 21.7. The Hall–Kier alpha value is -2.43. The zero-order valence-electron chi connectivity index (χ0n) is 10.5. The summed E-state index contributed by atoms with van der Waals surface area (Å²) in [6.07, 6.45) is 1.25. The van der Waals surface area contributed by atoms with E-state index in [0.29, 0.717) is 29.4 Å². The Bertz CT molecular complexity index is 715. The fourth-order valence-electron chi connectivity index (χ4n) is 1.88. The van der Waals surface area contributed by atoms with Gasteiger partial charge >= 0.3 is 5.63 Å². The Balaban J connectivity index is 2.61. The molecule has 2 rings (SSSR count). The first kappa shape index (κ1) is 13.0. The summed E-state index contributed by atoms with van der Waals surface area (Å²) in [6.45, 7) is 5.68. The number of non-ortho nitro benzene ring substituents is 1. The first-order valence-electron chi connectivity index (χ1n) is 5.83. The van der Waals surface area contributed by atoms with Crippen molar-refractivity contribution in [3.63, 3.8) is 0 Å². The van der Waals surface area contributed by atoms with Gasteiger partial charge in [0.15, 0.2) is 0 Å². The molecule has 0 saturated carbocycles. The van der Waals surface area contributed by atoms with E-state index in [0.717, 1.165) is 5.57 Å². The Morgan fingerprint density at radius 2 is 2.16 bits per heavy atom. The van der Waals surface area contributed by atoms with Crippen LogP contribution in [0.3, 0.4) is 0 Å². The number of nitrogens with zero attached hydrogens (tertiary/aromatic N) is 1. The fraction of sp³-hybridized carbons (Fsp3) is 0.214. The molecule has 0 radical (unpaired) electrons. The summed E-state index contributed by atoms with van der Waals surface area (Å²) in [5.74, 6) is 0. The Morgan fingerprint density at radius 1 is 1.42 bits per heavy atom. The van der Waals surface area contributed by atoms with Crippen molar-refractivity contribution in [2.75, 3.05) is 0 Å². The second kappa shape index (κ2) is 5.06. The van der Waals surface area contributed by atoms with Crippen LogP contribution in [0, 0.1) is 10.1 Å². The molecule has 0 atom stereocenters. The third-order valence-corrected chi connectivity index (χ3v) is 2.81. The van der Waals surface area contributed by atoms with Crippen LogP contribution in [0.1, 0.15) is 18.9 Å². The Kier molecular flexibility index (Phi) is 3.46. The van der Waals surface area contributed by atoms with Gasteiger partial charge in [-0.2, -0.15) is 0 Å². The van der Waals surface area contributed by atoms with E-state index in [1.807, 2.05) is 6.92 Å². The number of hydrogen-bond acceptors (Lipinski definition) is 4. The summed E-state index contributed by atoms with van der Waals surface area (Å²) >= 11 is 0. The van der Waals surface area contributed by atoms with Crippen molar-refractivity contribution in [1.29, 1.82) is 0 Å². The van der Waals surface area contributed by atoms with Crippen molar-refractivity contribution < 1.29 is 9.34 Å². The van der Waals surface area contributed by atoms with Crippen molar-refractivity contribution >= 4 is 16.7 Å². The van der Waals surface area contributed by atoms with Crippen LogP contribution in [0.2, 0.25) is 0 Å². The van der Waals surface area contributed by atoms with Crippen LogP contribution < -0.4 is 5.63 Å². The maximum absolute atomic E-state index is 11.3. The molecule has 1 aromatic carbocycles. The van der Waals surface area contributed by atoms with Crippen LogP contribution >= 0.6 is 0 Å². The average Bonchev–Trinajstić information content (AvgIpc) is 2.35. The maximum atomic E-state index is 11.3. The molecule has 0 fully saturated rings. The van der Waals surface area contributed by atoms with Crippen LogP contribution in [-0.2, 0) is 6.42 Å². The molecule has 0 aliphatic rings. The standard InChI is InChI=1S/C14H13NO4/c1-9(2)3-4-10-7-12(15(17)18)8-11-5-6-13(16)19-14(10)11/h5-8H,1,3-4H2,2H3. The highest BCUT2D eigenvalue weighted by Gasteiger charge is 2.13. The SMILES string of the molecule is C=C(C)CCc1cc([N+](=O)[O-])cc2ccc(=O)oc12. The van der Waals surface area contributed by atoms with Crippen LogP contribution in [0.5, 0.6) is 0 Å².